The smallest absolute Gasteiger partial charge is 0.407 e. The largest absolute Gasteiger partial charge is 0.481 e. The first-order valence-electron chi connectivity index (χ1n) is 24.5. The van der Waals surface area contributed by atoms with Crippen LogP contribution < -0.4 is 48.7 Å². The van der Waals surface area contributed by atoms with Crippen LogP contribution in [0.15, 0.2) is 78.9 Å². The van der Waals surface area contributed by atoms with Gasteiger partial charge in [-0.05, 0) is 59.4 Å². The van der Waals surface area contributed by atoms with Crippen molar-refractivity contribution in [2.24, 2.45) is 23.3 Å². The summed E-state index contributed by atoms with van der Waals surface area (Å²) in [7, 11) is 0. The molecule has 406 valence electrons. The Balaban J connectivity index is 1.39. The number of carbonyl (C=O) groups excluding carboxylic acids is 8. The maximum atomic E-state index is 13.9. The Morgan fingerprint density at radius 2 is 1.15 bits per heavy atom. The quantitative estimate of drug-likeness (QED) is 0.0427. The van der Waals surface area contributed by atoms with E-state index < -0.39 is 146 Å². The number of aliphatic carboxylic acids is 2. The molecule has 0 bridgehead atoms. The Labute approximate surface area is 434 Å². The minimum absolute atomic E-state index is 0.00883. The molecule has 0 aromatic heterocycles. The fraction of sp³-hybridized carbons (Fsp3) is 0.462. The molecule has 0 saturated carbocycles. The molecule has 0 unspecified atom stereocenters. The SMILES string of the molecule is CC(C)C[C@H](NC(=O)[C@H](CC(N)=O)NC(=O)[C@@H](NC(=O)OCC1c2ccccc2-c2ccccc21)C(C)C)[C@@H](O)CN[C@@H](CC(=O)O)C(=O)N[C@@H](C)C(=O)N[C@@H](CCC(=O)O)C(=O)N[C@@H](Cc1ccccc1)C(N)=O. The van der Waals surface area contributed by atoms with Gasteiger partial charge in [-0.3, -0.25) is 43.2 Å². The van der Waals surface area contributed by atoms with E-state index >= 15 is 0 Å². The fourth-order valence-corrected chi connectivity index (χ4v) is 8.47. The molecule has 75 heavy (non-hydrogen) atoms. The third-order valence-electron chi connectivity index (χ3n) is 12.4. The maximum Gasteiger partial charge on any atom is 0.407 e. The normalized spacial score (nSPS) is 15.0. The molecule has 3 aromatic carbocycles. The third kappa shape index (κ3) is 18.5. The zero-order valence-corrected chi connectivity index (χ0v) is 42.5. The lowest BCUT2D eigenvalue weighted by Gasteiger charge is -2.30. The average Bonchev–Trinajstić information content (AvgIpc) is 3.67. The van der Waals surface area contributed by atoms with Crippen LogP contribution in [-0.4, -0.2) is 136 Å². The summed E-state index contributed by atoms with van der Waals surface area (Å²) in [4.78, 5) is 129. The van der Waals surface area contributed by atoms with Crippen LogP contribution in [0.4, 0.5) is 4.79 Å². The molecular weight excluding hydrogens is 975 g/mol. The van der Waals surface area contributed by atoms with Gasteiger partial charge in [0.05, 0.1) is 31.0 Å². The minimum atomic E-state index is -1.60. The number of aliphatic hydroxyl groups excluding tert-OH is 1. The number of amides is 8. The van der Waals surface area contributed by atoms with Crippen LogP contribution in [-0.2, 0) is 54.3 Å². The van der Waals surface area contributed by atoms with Crippen molar-refractivity contribution in [3.05, 3.63) is 95.6 Å². The molecule has 0 saturated heterocycles. The van der Waals surface area contributed by atoms with Crippen LogP contribution in [0.2, 0.25) is 0 Å². The highest BCUT2D eigenvalue weighted by Crippen LogP contribution is 2.44. The van der Waals surface area contributed by atoms with Gasteiger partial charge in [0.2, 0.25) is 41.4 Å². The summed E-state index contributed by atoms with van der Waals surface area (Å²) < 4.78 is 5.64. The third-order valence-corrected chi connectivity index (χ3v) is 12.4. The van der Waals surface area contributed by atoms with E-state index in [0.29, 0.717) is 5.56 Å². The van der Waals surface area contributed by atoms with Crippen molar-refractivity contribution in [1.29, 1.82) is 0 Å². The van der Waals surface area contributed by atoms with Crippen molar-refractivity contribution in [1.82, 2.24) is 37.2 Å². The summed E-state index contributed by atoms with van der Waals surface area (Å²) in [5.41, 5.74) is 15.7. The molecule has 0 aliphatic heterocycles. The van der Waals surface area contributed by atoms with Gasteiger partial charge in [0.1, 0.15) is 36.8 Å². The van der Waals surface area contributed by atoms with Crippen LogP contribution in [0, 0.1) is 11.8 Å². The van der Waals surface area contributed by atoms with Gasteiger partial charge in [-0.25, -0.2) is 4.79 Å². The number of hydrogen-bond acceptors (Lipinski definition) is 13. The molecule has 8 atom stereocenters. The molecule has 0 heterocycles. The molecular formula is C52H69N9O14. The molecule has 3 aromatic rings. The number of benzene rings is 3. The van der Waals surface area contributed by atoms with Crippen LogP contribution in [0.3, 0.4) is 0 Å². The molecule has 23 nitrogen and oxygen atoms in total. The molecule has 1 aliphatic carbocycles. The number of fused-ring (bicyclic) bond motifs is 3. The summed E-state index contributed by atoms with van der Waals surface area (Å²) in [6, 6.07) is 14.3. The lowest BCUT2D eigenvalue weighted by Crippen LogP contribution is -2.59. The summed E-state index contributed by atoms with van der Waals surface area (Å²) in [5, 5.41) is 47.9. The second-order valence-electron chi connectivity index (χ2n) is 19.2. The van der Waals surface area contributed by atoms with E-state index in [2.05, 4.69) is 37.2 Å². The first kappa shape index (κ1) is 59.6. The monoisotopic (exact) mass is 1040 g/mol. The summed E-state index contributed by atoms with van der Waals surface area (Å²) in [6.45, 7) is 7.49. The van der Waals surface area contributed by atoms with Gasteiger partial charge in [-0.15, -0.1) is 0 Å². The molecule has 1 aliphatic rings. The van der Waals surface area contributed by atoms with Crippen molar-refractivity contribution in [2.75, 3.05) is 13.2 Å². The molecule has 0 radical (unpaired) electrons. The van der Waals surface area contributed by atoms with E-state index in [9.17, 15) is 63.3 Å². The Morgan fingerprint density at radius 1 is 0.600 bits per heavy atom. The van der Waals surface area contributed by atoms with Gasteiger partial charge in [0.25, 0.3) is 0 Å². The zero-order chi connectivity index (χ0) is 55.5. The van der Waals surface area contributed by atoms with E-state index in [0.717, 1.165) is 22.3 Å². The zero-order valence-electron chi connectivity index (χ0n) is 42.5. The summed E-state index contributed by atoms with van der Waals surface area (Å²) >= 11 is 0. The van der Waals surface area contributed by atoms with Crippen LogP contribution in [0.5, 0.6) is 0 Å². The highest BCUT2D eigenvalue weighted by Gasteiger charge is 2.35. The second kappa shape index (κ2) is 28.5. The predicted molar refractivity (Wildman–Crippen MR) is 272 cm³/mol. The molecule has 0 spiro atoms. The number of alkyl carbamates (subject to hydrolysis) is 1. The maximum absolute atomic E-state index is 13.9. The summed E-state index contributed by atoms with van der Waals surface area (Å²) in [5.74, 6) is -10.3. The van der Waals surface area contributed by atoms with Crippen LogP contribution >= 0.6 is 0 Å². The predicted octanol–water partition coefficient (Wildman–Crippen LogP) is 0.302. The van der Waals surface area contributed by atoms with E-state index in [4.69, 9.17) is 16.2 Å². The lowest BCUT2D eigenvalue weighted by atomic mass is 9.97. The molecule has 14 N–H and O–H groups in total. The number of rotatable bonds is 30. The van der Waals surface area contributed by atoms with Crippen molar-refractivity contribution < 1.29 is 68.0 Å². The number of carboxylic acid groups (broad SMARTS) is 2. The highest BCUT2D eigenvalue weighted by molar-refractivity contribution is 5.96. The topological polar surface area (TPSA) is 377 Å². The van der Waals surface area contributed by atoms with Crippen LogP contribution in [0.1, 0.15) is 89.3 Å². The van der Waals surface area contributed by atoms with E-state index in [1.807, 2.05) is 48.5 Å². The van der Waals surface area contributed by atoms with Gasteiger partial charge in [0, 0.05) is 25.3 Å². The van der Waals surface area contributed by atoms with E-state index in [1.165, 1.54) is 6.92 Å². The van der Waals surface area contributed by atoms with Gasteiger partial charge >= 0.3 is 18.0 Å². The Hall–Kier alpha value is -7.92. The number of aliphatic hydroxyl groups is 1. The molecule has 0 fully saturated rings. The Bertz CT molecular complexity index is 2480. The second-order valence-corrected chi connectivity index (χ2v) is 19.2. The Kier molecular flexibility index (Phi) is 22.7. The number of ether oxygens (including phenoxy) is 1. The number of primary amides is 2. The number of nitrogens with one attached hydrogen (secondary N) is 7. The van der Waals surface area contributed by atoms with Gasteiger partial charge in [-0.1, -0.05) is 107 Å². The van der Waals surface area contributed by atoms with Crippen molar-refractivity contribution in [3.63, 3.8) is 0 Å². The first-order chi connectivity index (χ1) is 35.4. The van der Waals surface area contributed by atoms with Crippen molar-refractivity contribution in [3.8, 4) is 11.1 Å². The first-order valence-corrected chi connectivity index (χ1v) is 24.5. The number of hydrogen-bond donors (Lipinski definition) is 12. The van der Waals surface area contributed by atoms with Gasteiger partial charge in [-0.2, -0.15) is 0 Å². The summed E-state index contributed by atoms with van der Waals surface area (Å²) in [6.07, 6.45) is -4.90. The standard InChI is InChI=1S/C52H69N9O14/c1-27(2)21-37(58-50(72)40(23-42(53)63)60-51(73)45(28(3)4)61-52(74)75-26-35-33-17-11-9-15-31(33)32-16-10-12-18-34(32)35)41(62)25-55-39(24-44(66)67)49(71)56-29(5)47(69)57-36(19-20-43(64)65)48(70)59-38(46(54)68)22-30-13-7-6-8-14-30/h6-18,27-29,35-41,45,55,62H,19-26H2,1-5H3,(H2,53,63)(H2,54,68)(H,56,71)(H,57,69)(H,58,72)(H,59,70)(H,60,73)(H,61,74)(H,64,65)(H,66,67)/t29-,36-,37-,38-,39-,40-,41-,45-/m0/s1. The van der Waals surface area contributed by atoms with E-state index in [-0.39, 0.29) is 31.3 Å². The number of nitrogens with two attached hydrogens (primary N) is 2. The van der Waals surface area contributed by atoms with Gasteiger partial charge < -0.3 is 68.7 Å². The molecule has 23 heteroatoms. The van der Waals surface area contributed by atoms with Crippen LogP contribution in [0.25, 0.3) is 11.1 Å². The van der Waals surface area contributed by atoms with E-state index in [1.54, 1.807) is 58.0 Å². The van der Waals surface area contributed by atoms with Crippen molar-refractivity contribution >= 4 is 59.4 Å². The fourth-order valence-electron chi connectivity index (χ4n) is 8.47. The minimum Gasteiger partial charge on any atom is -0.481 e. The lowest BCUT2D eigenvalue weighted by molar-refractivity contribution is -0.140. The molecule has 4 rings (SSSR count). The van der Waals surface area contributed by atoms with Gasteiger partial charge in [0.15, 0.2) is 0 Å². The number of carbonyl (C=O) groups is 10. The molecule has 8 amide bonds. The number of carboxylic acids is 2. The highest BCUT2D eigenvalue weighted by atomic mass is 16.5. The Morgan fingerprint density at radius 3 is 1.69 bits per heavy atom. The average molecular weight is 1040 g/mol. The van der Waals surface area contributed by atoms with Crippen molar-refractivity contribution in [2.45, 2.75) is 127 Å².